The maximum absolute atomic E-state index is 12.7. The summed E-state index contributed by atoms with van der Waals surface area (Å²) in [6, 6.07) is 19.1. The summed E-state index contributed by atoms with van der Waals surface area (Å²) >= 11 is 0. The van der Waals surface area contributed by atoms with Crippen molar-refractivity contribution in [2.45, 2.75) is 25.9 Å². The Bertz CT molecular complexity index is 1120. The van der Waals surface area contributed by atoms with Crippen LogP contribution in [0.2, 0.25) is 0 Å². The van der Waals surface area contributed by atoms with Gasteiger partial charge in [0, 0.05) is 6.54 Å². The predicted molar refractivity (Wildman–Crippen MR) is 112 cm³/mol. The molecule has 0 saturated carbocycles. The molecule has 4 rings (SSSR count). The Hall–Kier alpha value is -2.93. The van der Waals surface area contributed by atoms with Gasteiger partial charge < -0.3 is 5.32 Å². The number of hydrogen-bond acceptors (Lipinski definition) is 4. The molecule has 0 bridgehead atoms. The topological polar surface area (TPSA) is 81.1 Å². The highest BCUT2D eigenvalue weighted by atomic mass is 32.2. The van der Waals surface area contributed by atoms with Crippen molar-refractivity contribution in [2.75, 3.05) is 11.5 Å². The molecule has 1 aliphatic heterocycles. The molecule has 0 spiro atoms. The van der Waals surface area contributed by atoms with Gasteiger partial charge in [0.15, 0.2) is 15.5 Å². The van der Waals surface area contributed by atoms with Crippen molar-refractivity contribution in [3.63, 3.8) is 0 Å². The molecule has 2 heterocycles. The van der Waals surface area contributed by atoms with Crippen molar-refractivity contribution >= 4 is 15.7 Å². The second kappa shape index (κ2) is 7.83. The number of aromatic nitrogens is 2. The number of nitrogens with zero attached hydrogens (tertiary/aromatic N) is 2. The summed E-state index contributed by atoms with van der Waals surface area (Å²) in [7, 11) is -3.07. The third-order valence-electron chi connectivity index (χ3n) is 5.17. The van der Waals surface area contributed by atoms with E-state index in [1.165, 1.54) is 0 Å². The summed E-state index contributed by atoms with van der Waals surface area (Å²) in [6.45, 7) is 2.41. The van der Waals surface area contributed by atoms with E-state index in [1.54, 1.807) is 10.7 Å². The number of sulfone groups is 1. The molecule has 6 nitrogen and oxygen atoms in total. The Morgan fingerprint density at radius 1 is 1.14 bits per heavy atom. The summed E-state index contributed by atoms with van der Waals surface area (Å²) < 4.78 is 25.7. The smallest absolute Gasteiger partial charge is 0.272 e. The average Bonchev–Trinajstić information content (AvgIpc) is 3.31. The van der Waals surface area contributed by atoms with E-state index in [1.807, 2.05) is 61.5 Å². The number of aryl methyl sites for hydroxylation is 1. The molecule has 0 radical (unpaired) electrons. The van der Waals surface area contributed by atoms with Crippen LogP contribution in [0, 0.1) is 6.92 Å². The van der Waals surface area contributed by atoms with Crippen LogP contribution in [-0.4, -0.2) is 35.6 Å². The van der Waals surface area contributed by atoms with E-state index < -0.39 is 9.84 Å². The van der Waals surface area contributed by atoms with E-state index in [9.17, 15) is 13.2 Å². The molecule has 0 aliphatic carbocycles. The van der Waals surface area contributed by atoms with Crippen molar-refractivity contribution in [2.24, 2.45) is 0 Å². The number of nitrogens with one attached hydrogen (secondary N) is 1. The first-order valence-electron chi connectivity index (χ1n) is 9.60. The second-order valence-electron chi connectivity index (χ2n) is 7.45. The Morgan fingerprint density at radius 2 is 1.86 bits per heavy atom. The third kappa shape index (κ3) is 4.40. The molecule has 1 aliphatic rings. The number of benzene rings is 2. The standard InChI is InChI=1S/C22H23N3O3S/c1-16-7-9-18(10-8-16)21-13-20(22(26)23-14-17-5-3-2-4-6-17)24-25(21)19-11-12-29(27,28)15-19/h2-10,13,19H,11-12,14-15H2,1H3,(H,23,26). The number of hydrogen-bond donors (Lipinski definition) is 1. The molecule has 1 fully saturated rings. The van der Waals surface area contributed by atoms with Crippen LogP contribution < -0.4 is 5.32 Å². The first-order valence-corrected chi connectivity index (χ1v) is 11.4. The SMILES string of the molecule is Cc1ccc(-c2cc(C(=O)NCc3ccccc3)nn2C2CCS(=O)(=O)C2)cc1. The molecule has 1 unspecified atom stereocenters. The van der Waals surface area contributed by atoms with E-state index in [2.05, 4.69) is 10.4 Å². The minimum absolute atomic E-state index is 0.0542. The highest BCUT2D eigenvalue weighted by Crippen LogP contribution is 2.30. The molecule has 1 N–H and O–H groups in total. The quantitative estimate of drug-likeness (QED) is 0.702. The normalized spacial score (nSPS) is 17.9. The summed E-state index contributed by atoms with van der Waals surface area (Å²) in [6.07, 6.45) is 0.508. The Labute approximate surface area is 170 Å². The Kier molecular flexibility index (Phi) is 5.24. The van der Waals surface area contributed by atoms with Crippen molar-refractivity contribution in [1.82, 2.24) is 15.1 Å². The Balaban J connectivity index is 1.63. The van der Waals surface area contributed by atoms with Crippen molar-refractivity contribution in [3.05, 3.63) is 77.5 Å². The van der Waals surface area contributed by atoms with Crippen LogP contribution in [0.15, 0.2) is 60.7 Å². The minimum atomic E-state index is -3.07. The Morgan fingerprint density at radius 3 is 2.52 bits per heavy atom. The van der Waals surface area contributed by atoms with Gasteiger partial charge in [-0.05, 0) is 30.5 Å². The van der Waals surface area contributed by atoms with Gasteiger partial charge in [0.05, 0.1) is 23.2 Å². The highest BCUT2D eigenvalue weighted by molar-refractivity contribution is 7.91. The van der Waals surface area contributed by atoms with Crippen LogP contribution in [-0.2, 0) is 16.4 Å². The van der Waals surface area contributed by atoms with Gasteiger partial charge in [-0.2, -0.15) is 5.10 Å². The number of rotatable bonds is 5. The molecule has 1 amide bonds. The van der Waals surface area contributed by atoms with E-state index in [-0.39, 0.29) is 23.5 Å². The fraction of sp³-hybridized carbons (Fsp3) is 0.273. The van der Waals surface area contributed by atoms with Gasteiger partial charge in [-0.25, -0.2) is 8.42 Å². The van der Waals surface area contributed by atoms with Crippen molar-refractivity contribution in [3.8, 4) is 11.3 Å². The second-order valence-corrected chi connectivity index (χ2v) is 9.68. The third-order valence-corrected chi connectivity index (χ3v) is 6.92. The zero-order chi connectivity index (χ0) is 20.4. The average molecular weight is 410 g/mol. The van der Waals surface area contributed by atoms with Gasteiger partial charge in [0.2, 0.25) is 0 Å². The van der Waals surface area contributed by atoms with Crippen LogP contribution in [0.4, 0.5) is 0 Å². The molecule has 150 valence electrons. The first-order chi connectivity index (χ1) is 13.9. The summed E-state index contributed by atoms with van der Waals surface area (Å²) in [5.41, 5.74) is 4.09. The summed E-state index contributed by atoms with van der Waals surface area (Å²) in [4.78, 5) is 12.7. The lowest BCUT2D eigenvalue weighted by Crippen LogP contribution is -2.23. The molecular formula is C22H23N3O3S. The molecule has 1 atom stereocenters. The van der Waals surface area contributed by atoms with Gasteiger partial charge in [0.25, 0.3) is 5.91 Å². The molecular weight excluding hydrogens is 386 g/mol. The van der Waals surface area contributed by atoms with Gasteiger partial charge in [-0.15, -0.1) is 0 Å². The van der Waals surface area contributed by atoms with Crippen LogP contribution >= 0.6 is 0 Å². The molecule has 2 aromatic carbocycles. The fourth-order valence-electron chi connectivity index (χ4n) is 3.56. The van der Waals surface area contributed by atoms with Crippen LogP contribution in [0.5, 0.6) is 0 Å². The number of carbonyl (C=O) groups is 1. The largest absolute Gasteiger partial charge is 0.347 e. The lowest BCUT2D eigenvalue weighted by Gasteiger charge is -2.13. The minimum Gasteiger partial charge on any atom is -0.347 e. The van der Waals surface area contributed by atoms with E-state index in [0.717, 1.165) is 22.4 Å². The highest BCUT2D eigenvalue weighted by Gasteiger charge is 2.32. The van der Waals surface area contributed by atoms with Crippen molar-refractivity contribution in [1.29, 1.82) is 0 Å². The van der Waals surface area contributed by atoms with E-state index >= 15 is 0 Å². The molecule has 3 aromatic rings. The predicted octanol–water partition coefficient (Wildman–Crippen LogP) is 3.15. The number of carbonyl (C=O) groups excluding carboxylic acids is 1. The van der Waals surface area contributed by atoms with Gasteiger partial charge in [-0.1, -0.05) is 60.2 Å². The van der Waals surface area contributed by atoms with Gasteiger partial charge >= 0.3 is 0 Å². The zero-order valence-electron chi connectivity index (χ0n) is 16.2. The molecule has 1 saturated heterocycles. The van der Waals surface area contributed by atoms with Crippen LogP contribution in [0.25, 0.3) is 11.3 Å². The maximum atomic E-state index is 12.7. The summed E-state index contributed by atoms with van der Waals surface area (Å²) in [5.74, 6) is -0.0687. The monoisotopic (exact) mass is 409 g/mol. The fourth-order valence-corrected chi connectivity index (χ4v) is 5.25. The first kappa shape index (κ1) is 19.4. The van der Waals surface area contributed by atoms with E-state index in [0.29, 0.717) is 18.7 Å². The van der Waals surface area contributed by atoms with Crippen LogP contribution in [0.3, 0.4) is 0 Å². The maximum Gasteiger partial charge on any atom is 0.272 e. The van der Waals surface area contributed by atoms with E-state index in [4.69, 9.17) is 0 Å². The zero-order valence-corrected chi connectivity index (χ0v) is 17.0. The summed E-state index contributed by atoms with van der Waals surface area (Å²) in [5, 5.41) is 7.40. The molecule has 7 heteroatoms. The van der Waals surface area contributed by atoms with Gasteiger partial charge in [-0.3, -0.25) is 9.48 Å². The lowest BCUT2D eigenvalue weighted by molar-refractivity contribution is 0.0945. The molecule has 29 heavy (non-hydrogen) atoms. The van der Waals surface area contributed by atoms with Gasteiger partial charge in [0.1, 0.15) is 0 Å². The number of amides is 1. The van der Waals surface area contributed by atoms with Crippen molar-refractivity contribution < 1.29 is 13.2 Å². The lowest BCUT2D eigenvalue weighted by atomic mass is 10.1. The van der Waals surface area contributed by atoms with Crippen LogP contribution in [0.1, 0.15) is 34.1 Å². The molecule has 1 aromatic heterocycles.